The quantitative estimate of drug-likeness (QED) is 0.751. The molecule has 1 aromatic heterocycles. The number of aromatic nitrogens is 1. The van der Waals surface area contributed by atoms with Gasteiger partial charge < -0.3 is 4.74 Å². The Balaban J connectivity index is 1.51. The number of nitrogens with zero attached hydrogens (tertiary/aromatic N) is 1. The Morgan fingerprint density at radius 2 is 1.76 bits per heavy atom. The van der Waals surface area contributed by atoms with Crippen molar-refractivity contribution in [3.63, 3.8) is 0 Å². The Hall–Kier alpha value is -1.90. The summed E-state index contributed by atoms with van der Waals surface area (Å²) in [5, 5.41) is 1.03. The summed E-state index contributed by atoms with van der Waals surface area (Å²) in [7, 11) is 0. The molecule has 4 bridgehead atoms. The van der Waals surface area contributed by atoms with Crippen LogP contribution in [0.25, 0.3) is 10.9 Å². The standard InChI is InChI=1S/C22H25NO2/c1-2-25-21(24)18-3-5-19-17(10-18)4-6-20(23-19)22-11-14-7-15(12-22)9-16(8-14)13-22/h3-6,10,14-16H,2,7-9,11-13H2,1H3. The molecule has 0 aliphatic heterocycles. The lowest BCUT2D eigenvalue weighted by atomic mass is 9.49. The van der Waals surface area contributed by atoms with Gasteiger partial charge in [-0.25, -0.2) is 4.79 Å². The van der Waals surface area contributed by atoms with Crippen LogP contribution in [-0.2, 0) is 10.2 Å². The molecular formula is C22H25NO2. The van der Waals surface area contributed by atoms with E-state index in [0.717, 1.165) is 28.7 Å². The summed E-state index contributed by atoms with van der Waals surface area (Å²) >= 11 is 0. The molecule has 0 spiro atoms. The van der Waals surface area contributed by atoms with Crippen molar-refractivity contribution in [3.05, 3.63) is 41.6 Å². The third-order valence-electron chi connectivity index (χ3n) is 6.78. The van der Waals surface area contributed by atoms with Gasteiger partial charge in [0.15, 0.2) is 0 Å². The molecule has 0 N–H and O–H groups in total. The van der Waals surface area contributed by atoms with E-state index in [4.69, 9.17) is 9.72 Å². The number of hydrogen-bond donors (Lipinski definition) is 0. The third kappa shape index (κ3) is 2.47. The van der Waals surface area contributed by atoms with Crippen LogP contribution < -0.4 is 0 Å². The van der Waals surface area contributed by atoms with E-state index in [1.54, 1.807) is 0 Å². The van der Waals surface area contributed by atoms with Gasteiger partial charge in [-0.1, -0.05) is 6.07 Å². The van der Waals surface area contributed by atoms with Crippen molar-refractivity contribution in [3.8, 4) is 0 Å². The minimum Gasteiger partial charge on any atom is -0.462 e. The highest BCUT2D eigenvalue weighted by molar-refractivity contribution is 5.94. The molecule has 2 aromatic rings. The van der Waals surface area contributed by atoms with Gasteiger partial charge in [0.25, 0.3) is 0 Å². The lowest BCUT2D eigenvalue weighted by molar-refractivity contribution is -0.00705. The second-order valence-corrected chi connectivity index (χ2v) is 8.52. The molecule has 0 atom stereocenters. The molecule has 0 unspecified atom stereocenters. The van der Waals surface area contributed by atoms with Gasteiger partial charge in [0, 0.05) is 16.5 Å². The maximum absolute atomic E-state index is 11.9. The molecule has 1 heterocycles. The zero-order valence-corrected chi connectivity index (χ0v) is 14.8. The number of benzene rings is 1. The van der Waals surface area contributed by atoms with Crippen molar-refractivity contribution in [2.24, 2.45) is 17.8 Å². The molecule has 0 radical (unpaired) electrons. The molecule has 4 aliphatic rings. The van der Waals surface area contributed by atoms with E-state index in [0.29, 0.717) is 17.6 Å². The smallest absolute Gasteiger partial charge is 0.338 e. The number of rotatable bonds is 3. The molecular weight excluding hydrogens is 310 g/mol. The summed E-state index contributed by atoms with van der Waals surface area (Å²) in [6.07, 6.45) is 8.36. The van der Waals surface area contributed by atoms with E-state index in [9.17, 15) is 4.79 Å². The number of carbonyl (C=O) groups excluding carboxylic acids is 1. The normalized spacial score (nSPS) is 32.9. The molecule has 3 nitrogen and oxygen atoms in total. The van der Waals surface area contributed by atoms with Crippen LogP contribution in [0.2, 0.25) is 0 Å². The summed E-state index contributed by atoms with van der Waals surface area (Å²) in [6, 6.07) is 10.1. The molecule has 3 heteroatoms. The summed E-state index contributed by atoms with van der Waals surface area (Å²) in [4.78, 5) is 17.0. The molecule has 1 aromatic carbocycles. The first-order valence-electron chi connectivity index (χ1n) is 9.73. The zero-order chi connectivity index (χ0) is 17.0. The Morgan fingerprint density at radius 3 is 2.40 bits per heavy atom. The maximum atomic E-state index is 11.9. The van der Waals surface area contributed by atoms with E-state index < -0.39 is 0 Å². The van der Waals surface area contributed by atoms with Crippen LogP contribution in [0.3, 0.4) is 0 Å². The summed E-state index contributed by atoms with van der Waals surface area (Å²) < 4.78 is 5.11. The van der Waals surface area contributed by atoms with Gasteiger partial charge >= 0.3 is 5.97 Å². The molecule has 4 fully saturated rings. The van der Waals surface area contributed by atoms with E-state index >= 15 is 0 Å². The minimum atomic E-state index is -0.255. The first-order chi connectivity index (χ1) is 12.1. The minimum absolute atomic E-state index is 0.255. The SMILES string of the molecule is CCOC(=O)c1ccc2nc(C34CC5CC(CC(C5)C3)C4)ccc2c1. The van der Waals surface area contributed by atoms with Crippen LogP contribution in [0.4, 0.5) is 0 Å². The Morgan fingerprint density at radius 1 is 1.08 bits per heavy atom. The van der Waals surface area contributed by atoms with Gasteiger partial charge in [0.1, 0.15) is 0 Å². The molecule has 0 amide bonds. The first kappa shape index (κ1) is 15.4. The second kappa shape index (κ2) is 5.55. The van der Waals surface area contributed by atoms with Gasteiger partial charge in [-0.3, -0.25) is 4.98 Å². The fraction of sp³-hybridized carbons (Fsp3) is 0.545. The van der Waals surface area contributed by atoms with E-state index in [1.165, 1.54) is 44.2 Å². The molecule has 6 rings (SSSR count). The summed E-state index contributed by atoms with van der Waals surface area (Å²) in [5.74, 6) is 2.52. The third-order valence-corrected chi connectivity index (χ3v) is 6.78. The molecule has 4 aliphatic carbocycles. The molecule has 25 heavy (non-hydrogen) atoms. The predicted octanol–water partition coefficient (Wildman–Crippen LogP) is 4.88. The number of fused-ring (bicyclic) bond motifs is 1. The van der Waals surface area contributed by atoms with E-state index in [2.05, 4.69) is 12.1 Å². The Kier molecular flexibility index (Phi) is 3.41. The average molecular weight is 335 g/mol. The van der Waals surface area contributed by atoms with Crippen molar-refractivity contribution >= 4 is 16.9 Å². The van der Waals surface area contributed by atoms with E-state index in [1.807, 2.05) is 25.1 Å². The fourth-order valence-electron chi connectivity index (χ4n) is 6.19. The van der Waals surface area contributed by atoms with Crippen molar-refractivity contribution < 1.29 is 9.53 Å². The summed E-state index contributed by atoms with van der Waals surface area (Å²) in [5.41, 5.74) is 3.23. The molecule has 130 valence electrons. The van der Waals surface area contributed by atoms with Gasteiger partial charge in [0.2, 0.25) is 0 Å². The Bertz CT molecular complexity index is 806. The number of esters is 1. The van der Waals surface area contributed by atoms with Gasteiger partial charge in [-0.15, -0.1) is 0 Å². The maximum Gasteiger partial charge on any atom is 0.338 e. The number of carbonyl (C=O) groups is 1. The van der Waals surface area contributed by atoms with Gasteiger partial charge in [-0.05, 0) is 87.5 Å². The van der Waals surface area contributed by atoms with Crippen LogP contribution in [0.5, 0.6) is 0 Å². The monoisotopic (exact) mass is 335 g/mol. The largest absolute Gasteiger partial charge is 0.462 e. The average Bonchev–Trinajstić information content (AvgIpc) is 2.60. The highest BCUT2D eigenvalue weighted by Crippen LogP contribution is 2.60. The van der Waals surface area contributed by atoms with E-state index in [-0.39, 0.29) is 5.97 Å². The molecule has 4 saturated carbocycles. The lowest BCUT2D eigenvalue weighted by Gasteiger charge is -2.56. The zero-order valence-electron chi connectivity index (χ0n) is 14.8. The highest BCUT2D eigenvalue weighted by Gasteiger charge is 2.52. The predicted molar refractivity (Wildman–Crippen MR) is 97.5 cm³/mol. The Labute approximate surface area is 148 Å². The molecule has 0 saturated heterocycles. The lowest BCUT2D eigenvalue weighted by Crippen LogP contribution is -2.48. The summed E-state index contributed by atoms with van der Waals surface area (Å²) in [6.45, 7) is 2.23. The fourth-order valence-corrected chi connectivity index (χ4v) is 6.19. The van der Waals surface area contributed by atoms with Gasteiger partial charge in [0.05, 0.1) is 17.7 Å². The number of pyridine rings is 1. The van der Waals surface area contributed by atoms with Crippen molar-refractivity contribution in [1.82, 2.24) is 4.98 Å². The topological polar surface area (TPSA) is 39.2 Å². The van der Waals surface area contributed by atoms with Crippen LogP contribution in [0, 0.1) is 17.8 Å². The number of hydrogen-bond acceptors (Lipinski definition) is 3. The van der Waals surface area contributed by atoms with Crippen molar-refractivity contribution in [2.45, 2.75) is 50.9 Å². The second-order valence-electron chi connectivity index (χ2n) is 8.52. The van der Waals surface area contributed by atoms with Crippen LogP contribution in [0.15, 0.2) is 30.3 Å². The highest BCUT2D eigenvalue weighted by atomic mass is 16.5. The van der Waals surface area contributed by atoms with Crippen LogP contribution >= 0.6 is 0 Å². The van der Waals surface area contributed by atoms with Crippen molar-refractivity contribution in [2.75, 3.05) is 6.61 Å². The number of ether oxygens (including phenoxy) is 1. The van der Waals surface area contributed by atoms with Crippen LogP contribution in [0.1, 0.15) is 61.5 Å². The van der Waals surface area contributed by atoms with Crippen LogP contribution in [-0.4, -0.2) is 17.6 Å². The van der Waals surface area contributed by atoms with Crippen molar-refractivity contribution in [1.29, 1.82) is 0 Å². The first-order valence-corrected chi connectivity index (χ1v) is 9.73. The van der Waals surface area contributed by atoms with Gasteiger partial charge in [-0.2, -0.15) is 0 Å².